The van der Waals surface area contributed by atoms with Gasteiger partial charge in [0.05, 0.1) is 37.1 Å². The van der Waals surface area contributed by atoms with Gasteiger partial charge < -0.3 is 24.7 Å². The summed E-state index contributed by atoms with van der Waals surface area (Å²) in [6.07, 6.45) is 2.43. The van der Waals surface area contributed by atoms with Crippen molar-refractivity contribution in [1.82, 2.24) is 15.0 Å². The summed E-state index contributed by atoms with van der Waals surface area (Å²) < 4.78 is 10.4. The number of morpholine rings is 1. The van der Waals surface area contributed by atoms with Gasteiger partial charge in [-0.05, 0) is 35.9 Å². The molecule has 0 amide bonds. The minimum Gasteiger partial charge on any atom is -0.465 e. The van der Waals surface area contributed by atoms with Crippen LogP contribution >= 0.6 is 0 Å². The highest BCUT2D eigenvalue weighted by molar-refractivity contribution is 5.98. The van der Waals surface area contributed by atoms with Crippen LogP contribution in [0.5, 0.6) is 0 Å². The molecule has 0 atom stereocenters. The Bertz CT molecular complexity index is 1260. The van der Waals surface area contributed by atoms with Gasteiger partial charge in [-0.3, -0.25) is 0 Å². The van der Waals surface area contributed by atoms with Crippen LogP contribution in [-0.2, 0) is 15.9 Å². The van der Waals surface area contributed by atoms with Gasteiger partial charge in [-0.2, -0.15) is 0 Å². The number of nitrogens with zero attached hydrogens (tertiary/aromatic N) is 3. The monoisotopic (exact) mass is 443 g/mol. The van der Waals surface area contributed by atoms with Gasteiger partial charge in [0.15, 0.2) is 5.82 Å². The highest BCUT2D eigenvalue weighted by atomic mass is 16.5. The summed E-state index contributed by atoms with van der Waals surface area (Å²) in [5, 5.41) is 3.29. The van der Waals surface area contributed by atoms with Crippen molar-refractivity contribution >= 4 is 34.2 Å². The van der Waals surface area contributed by atoms with E-state index in [1.165, 1.54) is 12.8 Å². The standard InChI is InChI=1S/C25H25N5O3/c1-32-25(31)19-4-2-3-5-20(19)28-24-23-21(10-11-26-23)27-22(29-24)16-17-6-8-18(9-7-17)30-12-14-33-15-13-30/h2-11,26H,12-16H2,1H3,(H,27,28,29). The zero-order valence-corrected chi connectivity index (χ0v) is 18.4. The molecular formula is C25H25N5O3. The van der Waals surface area contributed by atoms with Crippen molar-refractivity contribution in [2.24, 2.45) is 0 Å². The molecule has 1 aliphatic heterocycles. The van der Waals surface area contributed by atoms with Crippen molar-refractivity contribution in [3.63, 3.8) is 0 Å². The first-order valence-electron chi connectivity index (χ1n) is 10.9. The Kier molecular flexibility index (Phi) is 5.91. The summed E-state index contributed by atoms with van der Waals surface area (Å²) in [5.41, 5.74) is 4.98. The number of esters is 1. The molecule has 1 saturated heterocycles. The summed E-state index contributed by atoms with van der Waals surface area (Å²) in [4.78, 5) is 27.2. The smallest absolute Gasteiger partial charge is 0.339 e. The van der Waals surface area contributed by atoms with E-state index in [2.05, 4.69) is 39.5 Å². The van der Waals surface area contributed by atoms with Gasteiger partial charge in [0.2, 0.25) is 0 Å². The van der Waals surface area contributed by atoms with Gasteiger partial charge in [-0.1, -0.05) is 24.3 Å². The highest BCUT2D eigenvalue weighted by Crippen LogP contribution is 2.26. The molecule has 5 rings (SSSR count). The quantitative estimate of drug-likeness (QED) is 0.437. The molecule has 2 N–H and O–H groups in total. The lowest BCUT2D eigenvalue weighted by molar-refractivity contribution is 0.0602. The molecule has 8 nitrogen and oxygen atoms in total. The lowest BCUT2D eigenvalue weighted by Gasteiger charge is -2.28. The van der Waals surface area contributed by atoms with Crippen LogP contribution in [0, 0.1) is 0 Å². The van der Waals surface area contributed by atoms with Crippen LogP contribution in [0.25, 0.3) is 11.0 Å². The minimum absolute atomic E-state index is 0.407. The number of ether oxygens (including phenoxy) is 2. The van der Waals surface area contributed by atoms with Gasteiger partial charge in [-0.25, -0.2) is 14.8 Å². The van der Waals surface area contributed by atoms with E-state index in [9.17, 15) is 4.79 Å². The number of carbonyl (C=O) groups is 1. The van der Waals surface area contributed by atoms with Gasteiger partial charge in [0.1, 0.15) is 11.3 Å². The minimum atomic E-state index is -0.407. The molecule has 8 heteroatoms. The summed E-state index contributed by atoms with van der Waals surface area (Å²) >= 11 is 0. The topological polar surface area (TPSA) is 92.4 Å². The fraction of sp³-hybridized carbons (Fsp3) is 0.240. The van der Waals surface area contributed by atoms with Crippen LogP contribution in [0.3, 0.4) is 0 Å². The maximum absolute atomic E-state index is 12.2. The third kappa shape index (κ3) is 4.51. The first kappa shape index (κ1) is 21.0. The number of nitrogens with one attached hydrogen (secondary N) is 2. The van der Waals surface area contributed by atoms with Crippen LogP contribution in [0.1, 0.15) is 21.7 Å². The highest BCUT2D eigenvalue weighted by Gasteiger charge is 2.15. The molecule has 0 saturated carbocycles. The van der Waals surface area contributed by atoms with E-state index in [0.29, 0.717) is 29.3 Å². The molecule has 0 unspecified atom stereocenters. The maximum atomic E-state index is 12.2. The fourth-order valence-electron chi connectivity index (χ4n) is 4.00. The van der Waals surface area contributed by atoms with Crippen molar-refractivity contribution in [2.45, 2.75) is 6.42 Å². The van der Waals surface area contributed by atoms with Crippen LogP contribution in [0.15, 0.2) is 60.8 Å². The molecule has 3 heterocycles. The number of rotatable bonds is 6. The van der Waals surface area contributed by atoms with Crippen molar-refractivity contribution in [3.05, 3.63) is 77.7 Å². The van der Waals surface area contributed by atoms with Crippen molar-refractivity contribution in [1.29, 1.82) is 0 Å². The molecule has 4 aromatic rings. The third-order valence-electron chi connectivity index (χ3n) is 5.71. The predicted molar refractivity (Wildman–Crippen MR) is 127 cm³/mol. The second-order valence-electron chi connectivity index (χ2n) is 7.83. The van der Waals surface area contributed by atoms with Gasteiger partial charge in [-0.15, -0.1) is 0 Å². The number of para-hydroxylation sites is 1. The molecule has 168 valence electrons. The number of carbonyl (C=O) groups excluding carboxylic acids is 1. The Morgan fingerprint density at radius 1 is 1.09 bits per heavy atom. The number of aromatic amines is 1. The molecule has 33 heavy (non-hydrogen) atoms. The first-order valence-corrected chi connectivity index (χ1v) is 10.9. The average molecular weight is 444 g/mol. The van der Waals surface area contributed by atoms with Crippen LogP contribution in [0.4, 0.5) is 17.2 Å². The van der Waals surface area contributed by atoms with Gasteiger partial charge in [0.25, 0.3) is 0 Å². The van der Waals surface area contributed by atoms with E-state index in [1.54, 1.807) is 12.1 Å². The fourth-order valence-corrected chi connectivity index (χ4v) is 4.00. The van der Waals surface area contributed by atoms with E-state index in [4.69, 9.17) is 19.4 Å². The molecule has 0 aliphatic carbocycles. The summed E-state index contributed by atoms with van der Waals surface area (Å²) in [7, 11) is 1.37. The summed E-state index contributed by atoms with van der Waals surface area (Å²) in [5.74, 6) is 0.899. The maximum Gasteiger partial charge on any atom is 0.339 e. The molecule has 1 aliphatic rings. The number of hydrogen-bond donors (Lipinski definition) is 2. The Hall–Kier alpha value is -3.91. The second-order valence-corrected chi connectivity index (χ2v) is 7.83. The number of methoxy groups -OCH3 is 1. The third-order valence-corrected chi connectivity index (χ3v) is 5.71. The number of anilines is 3. The number of hydrogen-bond acceptors (Lipinski definition) is 7. The van der Waals surface area contributed by atoms with Gasteiger partial charge >= 0.3 is 5.97 Å². The van der Waals surface area contributed by atoms with Gasteiger partial charge in [0, 0.05) is 31.4 Å². The van der Waals surface area contributed by atoms with E-state index >= 15 is 0 Å². The molecule has 0 spiro atoms. The largest absolute Gasteiger partial charge is 0.465 e. The Morgan fingerprint density at radius 2 is 1.88 bits per heavy atom. The number of aromatic nitrogens is 3. The SMILES string of the molecule is COC(=O)c1ccccc1Nc1nc(Cc2ccc(N3CCOCC3)cc2)nc2cc[nH]c12. The van der Waals surface area contributed by atoms with Crippen LogP contribution in [0.2, 0.25) is 0 Å². The van der Waals surface area contributed by atoms with Crippen LogP contribution in [-0.4, -0.2) is 54.3 Å². The van der Waals surface area contributed by atoms with Crippen molar-refractivity contribution in [2.75, 3.05) is 43.6 Å². The lowest BCUT2D eigenvalue weighted by Crippen LogP contribution is -2.36. The zero-order chi connectivity index (χ0) is 22.6. The number of benzene rings is 2. The Morgan fingerprint density at radius 3 is 2.67 bits per heavy atom. The first-order chi connectivity index (χ1) is 16.2. The Balaban J connectivity index is 1.41. The van der Waals surface area contributed by atoms with E-state index in [-0.39, 0.29) is 0 Å². The van der Waals surface area contributed by atoms with E-state index < -0.39 is 5.97 Å². The lowest BCUT2D eigenvalue weighted by atomic mass is 10.1. The molecule has 0 radical (unpaired) electrons. The number of H-pyrrole nitrogens is 1. The normalized spacial score (nSPS) is 13.8. The van der Waals surface area contributed by atoms with Crippen molar-refractivity contribution in [3.8, 4) is 0 Å². The zero-order valence-electron chi connectivity index (χ0n) is 18.4. The Labute approximate surface area is 191 Å². The van der Waals surface area contributed by atoms with E-state index in [0.717, 1.165) is 42.9 Å². The predicted octanol–water partition coefficient (Wildman–Crippen LogP) is 3.92. The summed E-state index contributed by atoms with van der Waals surface area (Å²) in [6, 6.07) is 17.6. The number of fused-ring (bicyclic) bond motifs is 1. The molecule has 2 aromatic carbocycles. The summed E-state index contributed by atoms with van der Waals surface area (Å²) in [6.45, 7) is 3.35. The molecular weight excluding hydrogens is 418 g/mol. The van der Waals surface area contributed by atoms with Crippen LogP contribution < -0.4 is 10.2 Å². The second kappa shape index (κ2) is 9.30. The van der Waals surface area contributed by atoms with Crippen molar-refractivity contribution < 1.29 is 14.3 Å². The molecule has 1 fully saturated rings. The molecule has 2 aromatic heterocycles. The molecule has 0 bridgehead atoms. The van der Waals surface area contributed by atoms with E-state index in [1.807, 2.05) is 24.4 Å². The average Bonchev–Trinajstić information content (AvgIpc) is 3.34.